The zero-order valence-corrected chi connectivity index (χ0v) is 41.6. The third-order valence-corrected chi connectivity index (χ3v) is 14.9. The molecular weight excluding hydrogens is 875 g/mol. The number of nitrogens with zero attached hydrogens (tertiary/aromatic N) is 5. The molecule has 17 nitrogen and oxygen atoms in total. The van der Waals surface area contributed by atoms with Gasteiger partial charge in [0, 0.05) is 51.4 Å². The van der Waals surface area contributed by atoms with Gasteiger partial charge in [-0.2, -0.15) is 0 Å². The van der Waals surface area contributed by atoms with Gasteiger partial charge >= 0.3 is 5.97 Å². The number of hydrogen-bond acceptors (Lipinski definition) is 15. The molecule has 3 N–H and O–H groups in total. The van der Waals surface area contributed by atoms with Crippen LogP contribution in [0, 0.1) is 35.5 Å². The molecule has 2 unspecified atom stereocenters. The summed E-state index contributed by atoms with van der Waals surface area (Å²) in [4.78, 5) is 72.0. The van der Waals surface area contributed by atoms with E-state index in [1.165, 1.54) is 12.0 Å². The van der Waals surface area contributed by atoms with Crippen LogP contribution in [0.4, 0.5) is 0 Å². The summed E-state index contributed by atoms with van der Waals surface area (Å²) in [5, 5.41) is 46.2. The van der Waals surface area contributed by atoms with Crippen LogP contribution in [-0.2, 0) is 42.9 Å². The quantitative estimate of drug-likeness (QED) is 0.184. The maximum absolute atomic E-state index is 14.5. The Morgan fingerprint density at radius 3 is 2.34 bits per heavy atom. The molecule has 68 heavy (non-hydrogen) atoms. The zero-order valence-electron chi connectivity index (χ0n) is 41.6. The van der Waals surface area contributed by atoms with Crippen LogP contribution in [-0.4, -0.2) is 139 Å². The molecule has 1 aromatic rings. The minimum atomic E-state index is -2.49. The lowest BCUT2D eigenvalue weighted by molar-refractivity contribution is -0.265. The summed E-state index contributed by atoms with van der Waals surface area (Å²) in [6, 6.07) is -1.22. The fraction of sp³-hybridized carbons (Fsp3) is 0.725. The molecule has 3 fully saturated rings. The van der Waals surface area contributed by atoms with Gasteiger partial charge in [0.15, 0.2) is 5.78 Å². The number of allylic oxidation sites excluding steroid dienone is 6. The number of hydrogen-bond donors (Lipinski definition) is 3. The molecule has 4 aliphatic rings. The van der Waals surface area contributed by atoms with E-state index in [-0.39, 0.29) is 67.3 Å². The van der Waals surface area contributed by atoms with Crippen LogP contribution in [0.5, 0.6) is 0 Å². The minimum absolute atomic E-state index is 0.00720. The first-order valence-electron chi connectivity index (χ1n) is 24.7. The van der Waals surface area contributed by atoms with E-state index in [2.05, 4.69) is 15.5 Å². The Bertz CT molecular complexity index is 2000. The number of Topliss-reactive ketones (excluding diaryl/α,β-unsaturated/α-hetero) is 3. The molecule has 15 atom stereocenters. The summed E-state index contributed by atoms with van der Waals surface area (Å²) in [6.07, 6.45) is 12.3. The molecule has 0 spiro atoms. The summed E-state index contributed by atoms with van der Waals surface area (Å²) in [7, 11) is 3.02. The Morgan fingerprint density at radius 1 is 0.897 bits per heavy atom. The number of aliphatic hydroxyl groups is 3. The maximum Gasteiger partial charge on any atom is 0.329 e. The number of carbonyl (C=O) groups excluding carboxylic acids is 5. The number of piperidine rings is 1. The number of aromatic nitrogens is 4. The highest BCUT2D eigenvalue weighted by molar-refractivity contribution is 6.39. The lowest BCUT2D eigenvalue weighted by Gasteiger charge is -2.42. The van der Waals surface area contributed by atoms with Gasteiger partial charge in [0.05, 0.1) is 24.4 Å². The number of rotatable bonds is 6. The Hall–Kier alpha value is -4.26. The van der Waals surface area contributed by atoms with Crippen molar-refractivity contribution >= 4 is 29.2 Å². The van der Waals surface area contributed by atoms with Crippen molar-refractivity contribution in [3.05, 3.63) is 53.9 Å². The SMILES string of the molecule is CO[C@@H]1C[C@H](C[C@@H](C)[C@@H]2CC(=O)[C@H](C)/C=C(\C)[C@@H](O)[C@@H](OC)C(=O)[C@H](C)C[C@H](C)/C=C/C=C/C=C(\C)C(O)C[C@@H]3CC[C@@H](C)[C@@](O)(O3)C(=O)C(=O)N3CCCC[C@H]3C(=O)O2)CCC1n1cnnn1. The normalized spacial score (nSPS) is 39.1. The van der Waals surface area contributed by atoms with Crippen molar-refractivity contribution in [3.8, 4) is 0 Å². The summed E-state index contributed by atoms with van der Waals surface area (Å²) in [5.74, 6) is -8.20. The number of ether oxygens (including phenoxy) is 4. The summed E-state index contributed by atoms with van der Waals surface area (Å²) in [6.45, 7) is 12.5. The van der Waals surface area contributed by atoms with Crippen molar-refractivity contribution < 1.29 is 58.2 Å². The Balaban J connectivity index is 1.45. The molecular formula is C51H77N5O12. The summed E-state index contributed by atoms with van der Waals surface area (Å²) < 4.78 is 25.5. The van der Waals surface area contributed by atoms with Gasteiger partial charge in [-0.25, -0.2) is 9.48 Å². The van der Waals surface area contributed by atoms with Crippen molar-refractivity contribution in [1.82, 2.24) is 25.1 Å². The van der Waals surface area contributed by atoms with E-state index in [1.807, 2.05) is 32.1 Å². The van der Waals surface area contributed by atoms with E-state index in [4.69, 9.17) is 18.9 Å². The van der Waals surface area contributed by atoms with E-state index >= 15 is 0 Å². The van der Waals surface area contributed by atoms with Crippen LogP contribution in [0.3, 0.4) is 0 Å². The Labute approximate surface area is 401 Å². The molecule has 1 aromatic heterocycles. The van der Waals surface area contributed by atoms with E-state index in [0.29, 0.717) is 56.1 Å². The molecule has 0 radical (unpaired) electrons. The third kappa shape index (κ3) is 13.7. The molecule has 3 aliphatic heterocycles. The predicted octanol–water partition coefficient (Wildman–Crippen LogP) is 5.39. The molecule has 1 amide bonds. The lowest BCUT2D eigenvalue weighted by atomic mass is 9.77. The number of carbonyl (C=O) groups is 5. The fourth-order valence-corrected chi connectivity index (χ4v) is 10.5. The number of tetrazole rings is 1. The van der Waals surface area contributed by atoms with Gasteiger partial charge in [-0.1, -0.05) is 71.1 Å². The monoisotopic (exact) mass is 952 g/mol. The van der Waals surface area contributed by atoms with E-state index in [1.54, 1.807) is 71.0 Å². The number of cyclic esters (lactones) is 1. The van der Waals surface area contributed by atoms with Crippen LogP contribution in [0.1, 0.15) is 132 Å². The second-order valence-electron chi connectivity index (χ2n) is 20.2. The largest absolute Gasteiger partial charge is 0.460 e. The molecule has 0 aromatic carbocycles. The van der Waals surface area contributed by atoms with Crippen molar-refractivity contribution in [2.24, 2.45) is 35.5 Å². The van der Waals surface area contributed by atoms with Crippen molar-refractivity contribution in [1.29, 1.82) is 0 Å². The second kappa shape index (κ2) is 25.0. The number of methoxy groups -OCH3 is 2. The molecule has 2 bridgehead atoms. The van der Waals surface area contributed by atoms with Crippen LogP contribution in [0.15, 0.2) is 53.9 Å². The number of ketones is 3. The average Bonchev–Trinajstić information content (AvgIpc) is 3.86. The maximum atomic E-state index is 14.5. The number of fused-ring (bicyclic) bond motifs is 3. The average molecular weight is 952 g/mol. The predicted molar refractivity (Wildman–Crippen MR) is 251 cm³/mol. The second-order valence-corrected chi connectivity index (χ2v) is 20.2. The van der Waals surface area contributed by atoms with Crippen molar-refractivity contribution in [2.45, 2.75) is 180 Å². The highest BCUT2D eigenvalue weighted by atomic mass is 16.6. The number of aliphatic hydroxyl groups excluding tert-OH is 2. The van der Waals surface area contributed by atoms with Gasteiger partial charge < -0.3 is 39.2 Å². The molecule has 1 saturated carbocycles. The Kier molecular flexibility index (Phi) is 20.1. The van der Waals surface area contributed by atoms with Gasteiger partial charge in [0.1, 0.15) is 36.5 Å². The van der Waals surface area contributed by atoms with Crippen molar-refractivity contribution in [2.75, 3.05) is 20.8 Å². The molecule has 2 saturated heterocycles. The van der Waals surface area contributed by atoms with Crippen molar-refractivity contribution in [3.63, 3.8) is 0 Å². The van der Waals surface area contributed by atoms with Gasteiger partial charge in [-0.05, 0) is 117 Å². The topological polar surface area (TPSA) is 230 Å². The van der Waals surface area contributed by atoms with Crippen LogP contribution in [0.25, 0.3) is 0 Å². The third-order valence-electron chi connectivity index (χ3n) is 14.9. The van der Waals surface area contributed by atoms with Crippen LogP contribution < -0.4 is 0 Å². The molecule has 17 heteroatoms. The van der Waals surface area contributed by atoms with Crippen LogP contribution >= 0.6 is 0 Å². The van der Waals surface area contributed by atoms with Crippen LogP contribution in [0.2, 0.25) is 0 Å². The molecule has 4 heterocycles. The Morgan fingerprint density at radius 2 is 1.65 bits per heavy atom. The molecule has 378 valence electrons. The minimum Gasteiger partial charge on any atom is -0.460 e. The summed E-state index contributed by atoms with van der Waals surface area (Å²) in [5.41, 5.74) is 1.00. The lowest BCUT2D eigenvalue weighted by Crippen LogP contribution is -2.61. The van der Waals surface area contributed by atoms with E-state index < -0.39 is 77.8 Å². The van der Waals surface area contributed by atoms with Gasteiger partial charge in [-0.15, -0.1) is 5.10 Å². The molecule has 5 rings (SSSR count). The fourth-order valence-electron chi connectivity index (χ4n) is 10.5. The smallest absolute Gasteiger partial charge is 0.329 e. The zero-order chi connectivity index (χ0) is 49.9. The first-order chi connectivity index (χ1) is 32.3. The number of esters is 1. The van der Waals surface area contributed by atoms with Gasteiger partial charge in [0.25, 0.3) is 11.7 Å². The first kappa shape index (κ1) is 54.7. The first-order valence-corrected chi connectivity index (χ1v) is 24.7. The highest BCUT2D eigenvalue weighted by Gasteiger charge is 2.53. The van der Waals surface area contributed by atoms with Gasteiger partial charge in [-0.3, -0.25) is 19.2 Å². The molecule has 1 aliphatic carbocycles. The summed E-state index contributed by atoms with van der Waals surface area (Å²) >= 11 is 0. The standard InChI is InChI=1S/C51H77N5O12/c1-30-15-11-10-12-16-31(2)41(57)27-38-20-18-36(7)51(64,68-38)48(61)49(62)55-22-14-13-17-40(55)50(63)67-43(33(4)25-37-19-21-39(44(26-37)65-8)56-29-52-53-54-56)28-42(58)32(3)24-35(6)46(60)47(66-9)45(59)34(5)23-30/h10-12,15-16,24,29-30,32-34,36-41,43-44,46-47,57,60,64H,13-14,17-23,25-28H2,1-9H3/b12-10+,15-11+,31-16+,35-24+/t30-,32-,33-,34-,36-,37+,38+,39?,40+,41?,43+,44-,46-,47+,51-/m1/s1. The number of amides is 1. The highest BCUT2D eigenvalue weighted by Crippen LogP contribution is 2.39. The van der Waals surface area contributed by atoms with E-state index in [9.17, 15) is 39.3 Å². The van der Waals surface area contributed by atoms with Gasteiger partial charge in [0.2, 0.25) is 5.79 Å². The van der Waals surface area contributed by atoms with E-state index in [0.717, 1.165) is 12.8 Å².